The third-order valence-corrected chi connectivity index (χ3v) is 2.65. The molecule has 0 bridgehead atoms. The Labute approximate surface area is 114 Å². The van der Waals surface area contributed by atoms with Gasteiger partial charge >= 0.3 is 0 Å². The molecule has 94 valence electrons. The normalized spacial score (nSPS) is 9.68. The van der Waals surface area contributed by atoms with Crippen LogP contribution in [0.15, 0.2) is 36.5 Å². The summed E-state index contributed by atoms with van der Waals surface area (Å²) >= 11 is 5.72. The molecular weight excluding hydrogens is 266 g/mol. The zero-order valence-corrected chi connectivity index (χ0v) is 10.3. The second-order valence-electron chi connectivity index (χ2n) is 3.66. The molecule has 0 aliphatic heterocycles. The molecule has 0 saturated heterocycles. The number of anilines is 1. The minimum atomic E-state index is -0.404. The largest absolute Gasteiger partial charge is 0.506 e. The molecule has 2 N–H and O–H groups in total. The summed E-state index contributed by atoms with van der Waals surface area (Å²) in [6.45, 7) is 0. The van der Waals surface area contributed by atoms with Crippen LogP contribution >= 0.6 is 11.6 Å². The first-order chi connectivity index (χ1) is 9.10. The first-order valence-electron chi connectivity index (χ1n) is 5.26. The SMILES string of the molecule is N#Cc1ccc(NC(=O)c2ccc(O)c(Cl)c2)nc1. The molecule has 1 amide bonds. The predicted molar refractivity (Wildman–Crippen MR) is 70.0 cm³/mol. The summed E-state index contributed by atoms with van der Waals surface area (Å²) in [5.41, 5.74) is 0.708. The van der Waals surface area contributed by atoms with Crippen LogP contribution in [0.2, 0.25) is 5.02 Å². The van der Waals surface area contributed by atoms with Crippen LogP contribution in [0.25, 0.3) is 0 Å². The Morgan fingerprint density at radius 1 is 1.37 bits per heavy atom. The maximum absolute atomic E-state index is 11.9. The topological polar surface area (TPSA) is 86.0 Å². The average molecular weight is 274 g/mol. The van der Waals surface area contributed by atoms with Gasteiger partial charge in [-0.25, -0.2) is 4.98 Å². The van der Waals surface area contributed by atoms with Crippen LogP contribution in [0.1, 0.15) is 15.9 Å². The van der Waals surface area contributed by atoms with Crippen molar-refractivity contribution >= 4 is 23.3 Å². The quantitative estimate of drug-likeness (QED) is 0.880. The van der Waals surface area contributed by atoms with Crippen LogP contribution in [0.3, 0.4) is 0 Å². The van der Waals surface area contributed by atoms with E-state index in [0.29, 0.717) is 16.9 Å². The summed E-state index contributed by atoms with van der Waals surface area (Å²) in [6, 6.07) is 9.15. The highest BCUT2D eigenvalue weighted by molar-refractivity contribution is 6.32. The highest BCUT2D eigenvalue weighted by atomic mass is 35.5. The molecule has 1 aromatic heterocycles. The van der Waals surface area contributed by atoms with Crippen molar-refractivity contribution in [1.29, 1.82) is 5.26 Å². The van der Waals surface area contributed by atoms with Crippen LogP contribution < -0.4 is 5.32 Å². The second-order valence-corrected chi connectivity index (χ2v) is 4.07. The minimum Gasteiger partial charge on any atom is -0.506 e. The van der Waals surface area contributed by atoms with Crippen molar-refractivity contribution < 1.29 is 9.90 Å². The van der Waals surface area contributed by atoms with Gasteiger partial charge in [0, 0.05) is 11.8 Å². The van der Waals surface area contributed by atoms with E-state index in [9.17, 15) is 9.90 Å². The van der Waals surface area contributed by atoms with Gasteiger partial charge in [0.2, 0.25) is 0 Å². The van der Waals surface area contributed by atoms with Gasteiger partial charge in [0.15, 0.2) is 0 Å². The summed E-state index contributed by atoms with van der Waals surface area (Å²) in [4.78, 5) is 15.8. The first-order valence-corrected chi connectivity index (χ1v) is 5.64. The van der Waals surface area contributed by atoms with E-state index in [-0.39, 0.29) is 10.8 Å². The number of amides is 1. The molecule has 1 aromatic carbocycles. The molecule has 2 rings (SSSR count). The number of carbonyl (C=O) groups excluding carboxylic acids is 1. The maximum atomic E-state index is 11.9. The first kappa shape index (κ1) is 12.9. The Balaban J connectivity index is 2.16. The number of phenols is 1. The third kappa shape index (κ3) is 3.00. The molecule has 0 aliphatic rings. The van der Waals surface area contributed by atoms with Gasteiger partial charge in [0.05, 0.1) is 10.6 Å². The maximum Gasteiger partial charge on any atom is 0.256 e. The Morgan fingerprint density at radius 3 is 2.74 bits per heavy atom. The number of nitrogens with one attached hydrogen (secondary N) is 1. The molecule has 19 heavy (non-hydrogen) atoms. The van der Waals surface area contributed by atoms with Crippen molar-refractivity contribution in [3.63, 3.8) is 0 Å². The number of aromatic hydroxyl groups is 1. The molecule has 0 fully saturated rings. The predicted octanol–water partition coefficient (Wildman–Crippen LogP) is 2.56. The van der Waals surface area contributed by atoms with Crippen LogP contribution in [-0.2, 0) is 0 Å². The average Bonchev–Trinajstić information content (AvgIpc) is 2.42. The molecule has 0 unspecified atom stereocenters. The van der Waals surface area contributed by atoms with Crippen LogP contribution in [-0.4, -0.2) is 16.0 Å². The van der Waals surface area contributed by atoms with Gasteiger partial charge in [0.25, 0.3) is 5.91 Å². The number of hydrogen-bond donors (Lipinski definition) is 2. The molecule has 0 radical (unpaired) electrons. The lowest BCUT2D eigenvalue weighted by Gasteiger charge is -2.05. The Bertz CT molecular complexity index is 663. The van der Waals surface area contributed by atoms with Gasteiger partial charge in [-0.15, -0.1) is 0 Å². The van der Waals surface area contributed by atoms with Gasteiger partial charge in [-0.2, -0.15) is 5.26 Å². The number of rotatable bonds is 2. The van der Waals surface area contributed by atoms with E-state index >= 15 is 0 Å². The van der Waals surface area contributed by atoms with Crippen molar-refractivity contribution in [3.05, 3.63) is 52.7 Å². The molecule has 0 saturated carbocycles. The van der Waals surface area contributed by atoms with Crippen molar-refractivity contribution in [2.24, 2.45) is 0 Å². The zero-order valence-electron chi connectivity index (χ0n) is 9.59. The smallest absolute Gasteiger partial charge is 0.256 e. The van der Waals surface area contributed by atoms with Crippen molar-refractivity contribution in [2.45, 2.75) is 0 Å². The number of hydrogen-bond acceptors (Lipinski definition) is 4. The fourth-order valence-electron chi connectivity index (χ4n) is 1.37. The summed E-state index contributed by atoms with van der Waals surface area (Å²) < 4.78 is 0. The van der Waals surface area contributed by atoms with Crippen molar-refractivity contribution in [2.75, 3.05) is 5.32 Å². The number of pyridine rings is 1. The Morgan fingerprint density at radius 2 is 2.16 bits per heavy atom. The monoisotopic (exact) mass is 273 g/mol. The van der Waals surface area contributed by atoms with E-state index in [0.717, 1.165) is 0 Å². The van der Waals surface area contributed by atoms with Gasteiger partial charge in [0.1, 0.15) is 17.6 Å². The summed E-state index contributed by atoms with van der Waals surface area (Å²) in [5, 5.41) is 20.5. The van der Waals surface area contributed by atoms with Crippen molar-refractivity contribution in [1.82, 2.24) is 4.98 Å². The number of nitriles is 1. The standard InChI is InChI=1S/C13H8ClN3O2/c14-10-5-9(2-3-11(10)18)13(19)17-12-4-1-8(6-15)7-16-12/h1-5,7,18H,(H,16,17,19). The van der Waals surface area contributed by atoms with Crippen LogP contribution in [0, 0.1) is 11.3 Å². The summed E-state index contributed by atoms with van der Waals surface area (Å²) in [5.74, 6) is -0.165. The van der Waals surface area contributed by atoms with Gasteiger partial charge < -0.3 is 10.4 Å². The van der Waals surface area contributed by atoms with Gasteiger partial charge in [-0.1, -0.05) is 11.6 Å². The molecule has 0 spiro atoms. The molecule has 0 aliphatic carbocycles. The van der Waals surface area contributed by atoms with Crippen LogP contribution in [0.5, 0.6) is 5.75 Å². The van der Waals surface area contributed by atoms with Gasteiger partial charge in [-0.3, -0.25) is 4.79 Å². The van der Waals surface area contributed by atoms with E-state index in [1.54, 1.807) is 6.07 Å². The minimum absolute atomic E-state index is 0.0882. The van der Waals surface area contributed by atoms with E-state index in [1.807, 2.05) is 6.07 Å². The summed E-state index contributed by atoms with van der Waals surface area (Å²) in [7, 11) is 0. The lowest BCUT2D eigenvalue weighted by Crippen LogP contribution is -2.12. The fourth-order valence-corrected chi connectivity index (χ4v) is 1.55. The Kier molecular flexibility index (Phi) is 3.64. The van der Waals surface area contributed by atoms with Crippen LogP contribution in [0.4, 0.5) is 5.82 Å². The number of nitrogens with zero attached hydrogens (tertiary/aromatic N) is 2. The van der Waals surface area contributed by atoms with Crippen molar-refractivity contribution in [3.8, 4) is 11.8 Å². The second kappa shape index (κ2) is 5.38. The molecular formula is C13H8ClN3O2. The highest BCUT2D eigenvalue weighted by Crippen LogP contribution is 2.23. The summed E-state index contributed by atoms with van der Waals surface area (Å²) in [6.07, 6.45) is 1.36. The lowest BCUT2D eigenvalue weighted by molar-refractivity contribution is 0.102. The third-order valence-electron chi connectivity index (χ3n) is 2.34. The molecule has 6 heteroatoms. The van der Waals surface area contributed by atoms with Gasteiger partial charge in [-0.05, 0) is 30.3 Å². The molecule has 1 heterocycles. The number of carbonyl (C=O) groups is 1. The number of benzene rings is 1. The highest BCUT2D eigenvalue weighted by Gasteiger charge is 2.09. The van der Waals surface area contributed by atoms with E-state index in [2.05, 4.69) is 10.3 Å². The molecule has 0 atom stereocenters. The van der Waals surface area contributed by atoms with E-state index in [1.165, 1.54) is 30.5 Å². The molecule has 5 nitrogen and oxygen atoms in total. The zero-order chi connectivity index (χ0) is 13.8. The number of aromatic nitrogens is 1. The number of halogens is 1. The van der Waals surface area contributed by atoms with E-state index in [4.69, 9.17) is 16.9 Å². The lowest BCUT2D eigenvalue weighted by atomic mass is 10.2. The molecule has 2 aromatic rings. The number of phenolic OH excluding ortho intramolecular Hbond substituents is 1. The fraction of sp³-hybridized carbons (Fsp3) is 0. The Hall–Kier alpha value is -2.58. The van der Waals surface area contributed by atoms with E-state index < -0.39 is 5.91 Å².